The average Bonchev–Trinajstić information content (AvgIpc) is 3.15. The van der Waals surface area contributed by atoms with Crippen LogP contribution in [-0.2, 0) is 9.59 Å². The van der Waals surface area contributed by atoms with Crippen molar-refractivity contribution in [3.8, 4) is 0 Å². The van der Waals surface area contributed by atoms with Crippen LogP contribution in [0.2, 0.25) is 0 Å². The third-order valence-corrected chi connectivity index (χ3v) is 4.02. The van der Waals surface area contributed by atoms with Crippen molar-refractivity contribution >= 4 is 29.7 Å². The fourth-order valence-electron chi connectivity index (χ4n) is 2.58. The smallest absolute Gasteiger partial charge is 0.258 e. The first-order valence-electron chi connectivity index (χ1n) is 9.62. The maximum absolute atomic E-state index is 11.2. The van der Waals surface area contributed by atoms with Crippen molar-refractivity contribution < 1.29 is 9.59 Å². The summed E-state index contributed by atoms with van der Waals surface area (Å²) >= 11 is 0. The normalized spacial score (nSPS) is 12.1. The summed E-state index contributed by atoms with van der Waals surface area (Å²) in [5.41, 5.74) is 3.05. The third kappa shape index (κ3) is 7.21. The number of nitrogens with zero attached hydrogens (tertiary/aromatic N) is 1. The van der Waals surface area contributed by atoms with Gasteiger partial charge in [0.05, 0.1) is 5.69 Å². The van der Waals surface area contributed by atoms with Crippen LogP contribution >= 0.6 is 0 Å². The van der Waals surface area contributed by atoms with E-state index in [0.717, 1.165) is 4.90 Å². The summed E-state index contributed by atoms with van der Waals surface area (Å²) < 4.78 is 0. The van der Waals surface area contributed by atoms with Crippen molar-refractivity contribution in [1.29, 1.82) is 0 Å². The van der Waals surface area contributed by atoms with Gasteiger partial charge >= 0.3 is 0 Å². The Hall–Kier alpha value is -3.98. The molecule has 3 aromatic rings. The Morgan fingerprint density at radius 2 is 1.10 bits per heavy atom. The molecule has 2 amide bonds. The molecule has 4 rings (SSSR count). The van der Waals surface area contributed by atoms with Crippen molar-refractivity contribution in [2.24, 2.45) is 0 Å². The number of carbonyl (C=O) groups excluding carboxylic acids is 2. The molecule has 3 nitrogen and oxygen atoms in total. The molecule has 150 valence electrons. The van der Waals surface area contributed by atoms with Crippen molar-refractivity contribution in [3.63, 3.8) is 0 Å². The predicted octanol–water partition coefficient (Wildman–Crippen LogP) is 6.17. The van der Waals surface area contributed by atoms with Crippen LogP contribution in [0, 0.1) is 0 Å². The van der Waals surface area contributed by atoms with Crippen LogP contribution in [0.25, 0.3) is 12.2 Å². The fraction of sp³-hybridized carbons (Fsp3) is 0.0370. The molecule has 3 aromatic carbocycles. The molecule has 0 N–H and O–H groups in total. The van der Waals surface area contributed by atoms with Gasteiger partial charge in [-0.05, 0) is 30.2 Å². The van der Waals surface area contributed by atoms with Crippen molar-refractivity contribution in [1.82, 2.24) is 0 Å². The van der Waals surface area contributed by atoms with Crippen molar-refractivity contribution in [3.05, 3.63) is 127 Å². The minimum Gasteiger partial charge on any atom is -0.269 e. The van der Waals surface area contributed by atoms with Gasteiger partial charge in [0.25, 0.3) is 11.8 Å². The summed E-state index contributed by atoms with van der Waals surface area (Å²) in [4.78, 5) is 23.5. The van der Waals surface area contributed by atoms with Crippen molar-refractivity contribution in [2.75, 3.05) is 4.90 Å². The second-order valence-corrected chi connectivity index (χ2v) is 6.21. The van der Waals surface area contributed by atoms with Gasteiger partial charge in [-0.2, -0.15) is 0 Å². The van der Waals surface area contributed by atoms with E-state index in [-0.39, 0.29) is 11.8 Å². The van der Waals surface area contributed by atoms with E-state index in [2.05, 4.69) is 24.8 Å². The third-order valence-electron chi connectivity index (χ3n) is 4.02. The van der Waals surface area contributed by atoms with Gasteiger partial charge in [-0.25, -0.2) is 4.90 Å². The van der Waals surface area contributed by atoms with Gasteiger partial charge in [-0.3, -0.25) is 9.59 Å². The number of imide groups is 1. The quantitative estimate of drug-likeness (QED) is 0.498. The zero-order valence-electron chi connectivity index (χ0n) is 17.0. The van der Waals surface area contributed by atoms with Crippen LogP contribution in [-0.4, -0.2) is 11.8 Å². The van der Waals surface area contributed by atoms with E-state index < -0.39 is 0 Å². The molecule has 0 atom stereocenters. The minimum absolute atomic E-state index is 0.281. The largest absolute Gasteiger partial charge is 0.269 e. The maximum Gasteiger partial charge on any atom is 0.258 e. The molecule has 0 saturated carbocycles. The van der Waals surface area contributed by atoms with E-state index in [9.17, 15) is 9.59 Å². The average molecular weight is 396 g/mol. The zero-order valence-corrected chi connectivity index (χ0v) is 17.0. The number of rotatable bonds is 3. The lowest BCUT2D eigenvalue weighted by atomic mass is 10.2. The van der Waals surface area contributed by atoms with Gasteiger partial charge in [-0.1, -0.05) is 104 Å². The first-order chi connectivity index (χ1) is 14.7. The van der Waals surface area contributed by atoms with Gasteiger partial charge < -0.3 is 0 Å². The van der Waals surface area contributed by atoms with E-state index in [1.165, 1.54) is 23.3 Å². The summed E-state index contributed by atoms with van der Waals surface area (Å²) in [5, 5.41) is 0. The lowest BCUT2D eigenvalue weighted by Crippen LogP contribution is -2.29. The molecule has 0 fully saturated rings. The lowest BCUT2D eigenvalue weighted by Gasteiger charge is -2.12. The molecule has 1 aliphatic rings. The van der Waals surface area contributed by atoms with Gasteiger partial charge in [0, 0.05) is 12.2 Å². The Morgan fingerprint density at radius 3 is 1.50 bits per heavy atom. The molecule has 0 saturated heterocycles. The van der Waals surface area contributed by atoms with Gasteiger partial charge in [-0.15, -0.1) is 0 Å². The highest BCUT2D eigenvalue weighted by Crippen LogP contribution is 2.17. The number of hydrogen-bond acceptors (Lipinski definition) is 2. The maximum atomic E-state index is 11.2. The zero-order chi connectivity index (χ0) is 21.6. The Balaban J connectivity index is 0.000000167. The molecule has 0 unspecified atom stereocenters. The summed E-state index contributed by atoms with van der Waals surface area (Å²) in [6.07, 6.45) is 8.50. The standard InChI is InChI=1S/C10H7NO2.C9H10.C8H8/c12-9-6-7-10(13)11(9)8-4-2-1-3-5-8;1-2-6-9-7-4-3-5-8-9;1-2-8-6-4-3-5-7-8/h1-7H;2-8H,1H3;2-7H,1H2. The van der Waals surface area contributed by atoms with Crippen LogP contribution in [0.1, 0.15) is 18.1 Å². The summed E-state index contributed by atoms with van der Waals surface area (Å²) in [7, 11) is 0. The molecule has 1 aliphatic heterocycles. The van der Waals surface area contributed by atoms with Gasteiger partial charge in [0.2, 0.25) is 0 Å². The molecule has 0 aromatic heterocycles. The predicted molar refractivity (Wildman–Crippen MR) is 126 cm³/mol. The van der Waals surface area contributed by atoms with Crippen molar-refractivity contribution in [2.45, 2.75) is 6.92 Å². The Kier molecular flexibility index (Phi) is 9.28. The first kappa shape index (κ1) is 22.3. The molecule has 1 heterocycles. The van der Waals surface area contributed by atoms with Crippen LogP contribution < -0.4 is 4.90 Å². The van der Waals surface area contributed by atoms with Crippen LogP contribution in [0.3, 0.4) is 0 Å². The number of para-hydroxylation sites is 1. The van der Waals surface area contributed by atoms with Crippen LogP contribution in [0.5, 0.6) is 0 Å². The van der Waals surface area contributed by atoms with Gasteiger partial charge in [0.15, 0.2) is 0 Å². The lowest BCUT2D eigenvalue weighted by molar-refractivity contribution is -0.119. The highest BCUT2D eigenvalue weighted by Gasteiger charge is 2.24. The molecule has 0 aliphatic carbocycles. The SMILES string of the molecule is C=Cc1ccccc1.CC=Cc1ccccc1.O=C1C=CC(=O)N1c1ccccc1. The molecule has 0 spiro atoms. The summed E-state index contributed by atoms with van der Waals surface area (Å²) in [6, 6.07) is 29.1. The Bertz CT molecular complexity index is 973. The van der Waals surface area contributed by atoms with Crippen LogP contribution in [0.4, 0.5) is 5.69 Å². The fourth-order valence-corrected chi connectivity index (χ4v) is 2.58. The molecule has 0 bridgehead atoms. The molecule has 3 heteroatoms. The van der Waals surface area contributed by atoms with E-state index in [1.807, 2.05) is 73.7 Å². The number of allylic oxidation sites excluding steroid dienone is 1. The molecular formula is C27H25NO2. The monoisotopic (exact) mass is 395 g/mol. The second kappa shape index (κ2) is 12.5. The number of carbonyl (C=O) groups is 2. The topological polar surface area (TPSA) is 37.4 Å². The van der Waals surface area contributed by atoms with E-state index in [1.54, 1.807) is 24.3 Å². The highest BCUT2D eigenvalue weighted by molar-refractivity contribution is 6.28. The van der Waals surface area contributed by atoms with E-state index in [4.69, 9.17) is 0 Å². The molecule has 30 heavy (non-hydrogen) atoms. The highest BCUT2D eigenvalue weighted by atomic mass is 16.2. The number of anilines is 1. The van der Waals surface area contributed by atoms with E-state index >= 15 is 0 Å². The van der Waals surface area contributed by atoms with Gasteiger partial charge in [0.1, 0.15) is 0 Å². The second-order valence-electron chi connectivity index (χ2n) is 6.21. The molecule has 0 radical (unpaired) electrons. The summed E-state index contributed by atoms with van der Waals surface area (Å²) in [6.45, 7) is 5.65. The number of benzene rings is 3. The minimum atomic E-state index is -0.281. The Morgan fingerprint density at radius 1 is 0.667 bits per heavy atom. The number of hydrogen-bond donors (Lipinski definition) is 0. The Labute approximate surface area is 178 Å². The molecular weight excluding hydrogens is 370 g/mol. The number of amides is 2. The summed E-state index contributed by atoms with van der Waals surface area (Å²) in [5.74, 6) is -0.563. The first-order valence-corrected chi connectivity index (χ1v) is 9.62. The van der Waals surface area contributed by atoms with Crippen LogP contribution in [0.15, 0.2) is 116 Å². The van der Waals surface area contributed by atoms with E-state index in [0.29, 0.717) is 5.69 Å².